The molecule has 0 spiro atoms. The van der Waals surface area contributed by atoms with Crippen LogP contribution in [0.2, 0.25) is 0 Å². The molecular formula is C14H19ClIN3. The standard InChI is InChI=1S/C14H19ClIN3/c1-3-18(4-2)7-8-19-13-6-5-11(16)9-12(13)17-14(19)10-15/h5-6,9H,3-4,7-8,10H2,1-2H3. The number of rotatable bonds is 6. The lowest BCUT2D eigenvalue weighted by Gasteiger charge is -2.19. The lowest BCUT2D eigenvalue weighted by molar-refractivity contribution is 0.291. The Morgan fingerprint density at radius 2 is 2.05 bits per heavy atom. The van der Waals surface area contributed by atoms with Gasteiger partial charge < -0.3 is 9.47 Å². The minimum absolute atomic E-state index is 0.462. The Morgan fingerprint density at radius 3 is 2.68 bits per heavy atom. The molecule has 0 amide bonds. The number of alkyl halides is 1. The quantitative estimate of drug-likeness (QED) is 0.553. The van der Waals surface area contributed by atoms with E-state index in [0.29, 0.717) is 5.88 Å². The SMILES string of the molecule is CCN(CC)CCn1c(CCl)nc2cc(I)ccc21. The van der Waals surface area contributed by atoms with Gasteiger partial charge >= 0.3 is 0 Å². The third kappa shape index (κ3) is 3.41. The predicted molar refractivity (Wildman–Crippen MR) is 89.8 cm³/mol. The number of likely N-dealkylation sites (N-methyl/N-ethyl adjacent to an activating group) is 1. The highest BCUT2D eigenvalue weighted by atomic mass is 127. The van der Waals surface area contributed by atoms with E-state index in [4.69, 9.17) is 11.6 Å². The molecule has 104 valence electrons. The van der Waals surface area contributed by atoms with Crippen LogP contribution in [-0.2, 0) is 12.4 Å². The molecule has 1 aromatic carbocycles. The van der Waals surface area contributed by atoms with Crippen molar-refractivity contribution >= 4 is 45.2 Å². The van der Waals surface area contributed by atoms with Crippen molar-refractivity contribution in [2.75, 3.05) is 19.6 Å². The van der Waals surface area contributed by atoms with Gasteiger partial charge in [0.25, 0.3) is 0 Å². The van der Waals surface area contributed by atoms with E-state index < -0.39 is 0 Å². The third-order valence-electron chi connectivity index (χ3n) is 3.44. The summed E-state index contributed by atoms with van der Waals surface area (Å²) in [5, 5.41) is 0. The minimum atomic E-state index is 0.462. The van der Waals surface area contributed by atoms with Crippen molar-refractivity contribution in [3.8, 4) is 0 Å². The normalized spacial score (nSPS) is 11.6. The molecule has 0 radical (unpaired) electrons. The first-order valence-electron chi connectivity index (χ1n) is 6.62. The van der Waals surface area contributed by atoms with Crippen LogP contribution in [0.1, 0.15) is 19.7 Å². The first-order chi connectivity index (χ1) is 9.19. The molecule has 0 saturated carbocycles. The van der Waals surface area contributed by atoms with Crippen LogP contribution in [0.3, 0.4) is 0 Å². The molecule has 2 aromatic rings. The molecule has 2 rings (SSSR count). The molecule has 1 aromatic heterocycles. The van der Waals surface area contributed by atoms with Gasteiger partial charge in [0.2, 0.25) is 0 Å². The maximum absolute atomic E-state index is 6.03. The highest BCUT2D eigenvalue weighted by Gasteiger charge is 2.11. The van der Waals surface area contributed by atoms with Gasteiger partial charge in [-0.05, 0) is 53.9 Å². The van der Waals surface area contributed by atoms with E-state index in [1.807, 2.05) is 0 Å². The Morgan fingerprint density at radius 1 is 1.32 bits per heavy atom. The number of benzene rings is 1. The summed E-state index contributed by atoms with van der Waals surface area (Å²) in [5.41, 5.74) is 2.23. The fourth-order valence-corrected chi connectivity index (χ4v) is 2.96. The number of aromatic nitrogens is 2. The van der Waals surface area contributed by atoms with Gasteiger partial charge in [0, 0.05) is 16.7 Å². The number of fused-ring (bicyclic) bond motifs is 1. The largest absolute Gasteiger partial charge is 0.326 e. The van der Waals surface area contributed by atoms with Crippen LogP contribution in [0.4, 0.5) is 0 Å². The molecule has 5 heteroatoms. The van der Waals surface area contributed by atoms with E-state index in [1.54, 1.807) is 0 Å². The average molecular weight is 392 g/mol. The molecule has 0 saturated heterocycles. The summed E-state index contributed by atoms with van der Waals surface area (Å²) in [6.45, 7) is 8.53. The molecular weight excluding hydrogens is 373 g/mol. The summed E-state index contributed by atoms with van der Waals surface area (Å²) in [4.78, 5) is 7.04. The highest BCUT2D eigenvalue weighted by Crippen LogP contribution is 2.20. The summed E-state index contributed by atoms with van der Waals surface area (Å²) in [5.74, 6) is 1.43. The van der Waals surface area contributed by atoms with Gasteiger partial charge in [-0.3, -0.25) is 0 Å². The highest BCUT2D eigenvalue weighted by molar-refractivity contribution is 14.1. The summed E-state index contributed by atoms with van der Waals surface area (Å²) < 4.78 is 3.45. The number of hydrogen-bond donors (Lipinski definition) is 0. The maximum Gasteiger partial charge on any atom is 0.124 e. The van der Waals surface area contributed by atoms with Crippen LogP contribution in [-0.4, -0.2) is 34.1 Å². The van der Waals surface area contributed by atoms with Crippen LogP contribution in [0.25, 0.3) is 11.0 Å². The van der Waals surface area contributed by atoms with Gasteiger partial charge in [0.1, 0.15) is 5.82 Å². The molecule has 0 bridgehead atoms. The van der Waals surface area contributed by atoms with E-state index in [1.165, 1.54) is 9.09 Å². The summed E-state index contributed by atoms with van der Waals surface area (Å²) in [7, 11) is 0. The van der Waals surface area contributed by atoms with Gasteiger partial charge in [-0.2, -0.15) is 0 Å². The molecule has 0 fully saturated rings. The molecule has 0 aliphatic rings. The van der Waals surface area contributed by atoms with Crippen molar-refractivity contribution in [3.05, 3.63) is 27.6 Å². The van der Waals surface area contributed by atoms with Crippen molar-refractivity contribution in [2.24, 2.45) is 0 Å². The van der Waals surface area contributed by atoms with Crippen molar-refractivity contribution in [3.63, 3.8) is 0 Å². The van der Waals surface area contributed by atoms with Gasteiger partial charge in [0.05, 0.1) is 16.9 Å². The lowest BCUT2D eigenvalue weighted by Crippen LogP contribution is -2.27. The van der Waals surface area contributed by atoms with E-state index in [-0.39, 0.29) is 0 Å². The zero-order chi connectivity index (χ0) is 13.8. The molecule has 3 nitrogen and oxygen atoms in total. The van der Waals surface area contributed by atoms with Crippen LogP contribution >= 0.6 is 34.2 Å². The first kappa shape index (κ1) is 15.1. The number of imidazole rings is 1. The Bertz CT molecular complexity index is 549. The van der Waals surface area contributed by atoms with Crippen molar-refractivity contribution in [1.82, 2.24) is 14.5 Å². The molecule has 0 N–H and O–H groups in total. The minimum Gasteiger partial charge on any atom is -0.326 e. The van der Waals surface area contributed by atoms with Crippen LogP contribution in [0, 0.1) is 3.57 Å². The number of hydrogen-bond acceptors (Lipinski definition) is 2. The lowest BCUT2D eigenvalue weighted by atomic mass is 10.3. The molecule has 0 unspecified atom stereocenters. The second kappa shape index (κ2) is 6.90. The number of nitrogens with zero attached hydrogens (tertiary/aromatic N) is 3. The monoisotopic (exact) mass is 391 g/mol. The van der Waals surface area contributed by atoms with E-state index in [2.05, 4.69) is 69.1 Å². The Kier molecular flexibility index (Phi) is 5.47. The molecule has 0 atom stereocenters. The van der Waals surface area contributed by atoms with Crippen molar-refractivity contribution in [1.29, 1.82) is 0 Å². The van der Waals surface area contributed by atoms with Crippen LogP contribution in [0.15, 0.2) is 18.2 Å². The Balaban J connectivity index is 2.30. The van der Waals surface area contributed by atoms with Crippen LogP contribution in [0.5, 0.6) is 0 Å². The number of halogens is 2. The zero-order valence-electron chi connectivity index (χ0n) is 11.4. The van der Waals surface area contributed by atoms with Gasteiger partial charge in [-0.25, -0.2) is 4.98 Å². The second-order valence-corrected chi connectivity index (χ2v) is 5.99. The summed E-state index contributed by atoms with van der Waals surface area (Å²) >= 11 is 8.34. The van der Waals surface area contributed by atoms with E-state index >= 15 is 0 Å². The van der Waals surface area contributed by atoms with Crippen LogP contribution < -0.4 is 0 Å². The average Bonchev–Trinajstić information content (AvgIpc) is 2.77. The van der Waals surface area contributed by atoms with Gasteiger partial charge in [0.15, 0.2) is 0 Å². The fourth-order valence-electron chi connectivity index (χ4n) is 2.29. The molecule has 1 heterocycles. The fraction of sp³-hybridized carbons (Fsp3) is 0.500. The van der Waals surface area contributed by atoms with E-state index in [0.717, 1.165) is 37.5 Å². The topological polar surface area (TPSA) is 21.1 Å². The molecule has 0 aliphatic carbocycles. The summed E-state index contributed by atoms with van der Waals surface area (Å²) in [6, 6.07) is 6.37. The molecule has 19 heavy (non-hydrogen) atoms. The van der Waals surface area contributed by atoms with Gasteiger partial charge in [-0.1, -0.05) is 13.8 Å². The van der Waals surface area contributed by atoms with Gasteiger partial charge in [-0.15, -0.1) is 11.6 Å². The Hall–Kier alpha value is -0.330. The summed E-state index contributed by atoms with van der Waals surface area (Å²) in [6.07, 6.45) is 0. The van der Waals surface area contributed by atoms with Crippen molar-refractivity contribution < 1.29 is 0 Å². The first-order valence-corrected chi connectivity index (χ1v) is 8.23. The molecule has 0 aliphatic heterocycles. The van der Waals surface area contributed by atoms with E-state index in [9.17, 15) is 0 Å². The second-order valence-electron chi connectivity index (χ2n) is 4.47. The predicted octanol–water partition coefficient (Wildman–Crippen LogP) is 3.72. The smallest absolute Gasteiger partial charge is 0.124 e. The maximum atomic E-state index is 6.03. The van der Waals surface area contributed by atoms with Crippen molar-refractivity contribution in [2.45, 2.75) is 26.3 Å². The third-order valence-corrected chi connectivity index (χ3v) is 4.35. The Labute approximate surface area is 133 Å². The zero-order valence-corrected chi connectivity index (χ0v) is 14.3.